The molecular weight excluding hydrogens is 388 g/mol. The molecule has 0 spiro atoms. The summed E-state index contributed by atoms with van der Waals surface area (Å²) in [5.41, 5.74) is 2.65. The number of halogens is 1. The van der Waals surface area contributed by atoms with E-state index in [0.717, 1.165) is 11.1 Å². The Morgan fingerprint density at radius 1 is 1.00 bits per heavy atom. The van der Waals surface area contributed by atoms with E-state index in [9.17, 15) is 9.59 Å². The molecule has 6 heteroatoms. The number of aromatic nitrogens is 1. The molecule has 0 saturated heterocycles. The lowest BCUT2D eigenvalue weighted by atomic mass is 9.95. The molecule has 3 N–H and O–H groups in total. The van der Waals surface area contributed by atoms with Crippen LogP contribution in [-0.4, -0.2) is 16.0 Å². The third-order valence-corrected chi connectivity index (χ3v) is 4.90. The van der Waals surface area contributed by atoms with Crippen LogP contribution in [0, 0.1) is 0 Å². The molecule has 1 amide bonds. The van der Waals surface area contributed by atoms with E-state index in [2.05, 4.69) is 10.3 Å². The van der Waals surface area contributed by atoms with Gasteiger partial charge < -0.3 is 15.4 Å². The van der Waals surface area contributed by atoms with Gasteiger partial charge in [-0.1, -0.05) is 54.1 Å². The second kappa shape index (κ2) is 7.91. The van der Waals surface area contributed by atoms with E-state index in [4.69, 9.17) is 16.7 Å². The van der Waals surface area contributed by atoms with E-state index in [1.165, 1.54) is 0 Å². The van der Waals surface area contributed by atoms with Crippen molar-refractivity contribution in [1.29, 1.82) is 0 Å². The molecule has 29 heavy (non-hydrogen) atoms. The summed E-state index contributed by atoms with van der Waals surface area (Å²) in [5, 5.41) is 13.1. The summed E-state index contributed by atoms with van der Waals surface area (Å²) in [5.74, 6) is -0.524. The maximum atomic E-state index is 13.1. The van der Waals surface area contributed by atoms with Crippen LogP contribution in [0.3, 0.4) is 0 Å². The largest absolute Gasteiger partial charge is 0.392 e. The Kier molecular flexibility index (Phi) is 5.16. The molecule has 0 aliphatic heterocycles. The third kappa shape index (κ3) is 3.78. The number of nitrogens with one attached hydrogen (secondary N) is 2. The lowest BCUT2D eigenvalue weighted by molar-refractivity contribution is 0.102. The van der Waals surface area contributed by atoms with Crippen molar-refractivity contribution < 1.29 is 9.90 Å². The minimum atomic E-state index is -0.524. The predicted octanol–water partition coefficient (Wildman–Crippen LogP) is 4.59. The maximum Gasteiger partial charge on any atom is 0.261 e. The van der Waals surface area contributed by atoms with Gasteiger partial charge in [0.25, 0.3) is 11.5 Å². The summed E-state index contributed by atoms with van der Waals surface area (Å²) >= 11 is 6.20. The number of amides is 1. The first kappa shape index (κ1) is 18.9. The fourth-order valence-corrected chi connectivity index (χ4v) is 3.45. The fourth-order valence-electron chi connectivity index (χ4n) is 3.27. The van der Waals surface area contributed by atoms with E-state index in [1.807, 2.05) is 30.3 Å². The number of carbonyl (C=O) groups excluding carboxylic acids is 1. The van der Waals surface area contributed by atoms with Crippen LogP contribution in [0.4, 0.5) is 5.69 Å². The van der Waals surface area contributed by atoms with Gasteiger partial charge in [0, 0.05) is 27.2 Å². The molecule has 144 valence electrons. The Morgan fingerprint density at radius 3 is 2.41 bits per heavy atom. The van der Waals surface area contributed by atoms with Crippen LogP contribution in [0.25, 0.3) is 22.0 Å². The first-order valence-corrected chi connectivity index (χ1v) is 9.37. The normalized spacial score (nSPS) is 10.8. The molecule has 3 aromatic carbocycles. The first-order chi connectivity index (χ1) is 14.1. The van der Waals surface area contributed by atoms with E-state index >= 15 is 0 Å². The highest BCUT2D eigenvalue weighted by Crippen LogP contribution is 2.31. The lowest BCUT2D eigenvalue weighted by Gasteiger charge is -2.13. The molecule has 0 fully saturated rings. The van der Waals surface area contributed by atoms with Gasteiger partial charge in [-0.25, -0.2) is 0 Å². The number of benzene rings is 3. The van der Waals surface area contributed by atoms with Crippen molar-refractivity contribution in [3.8, 4) is 11.1 Å². The average molecular weight is 405 g/mol. The van der Waals surface area contributed by atoms with Crippen LogP contribution in [0.2, 0.25) is 5.02 Å². The number of aliphatic hydroxyl groups is 1. The number of H-pyrrole nitrogens is 1. The number of aromatic amines is 1. The number of hydrogen-bond donors (Lipinski definition) is 3. The molecule has 5 nitrogen and oxygen atoms in total. The molecule has 0 radical (unpaired) electrons. The van der Waals surface area contributed by atoms with Gasteiger partial charge in [-0.3, -0.25) is 9.59 Å². The molecule has 0 aliphatic rings. The molecule has 4 rings (SSSR count). The van der Waals surface area contributed by atoms with Gasteiger partial charge in [-0.05, 0) is 41.5 Å². The number of pyridine rings is 1. The summed E-state index contributed by atoms with van der Waals surface area (Å²) in [4.78, 5) is 28.7. The molecule has 0 unspecified atom stereocenters. The predicted molar refractivity (Wildman–Crippen MR) is 115 cm³/mol. The third-order valence-electron chi connectivity index (χ3n) is 4.66. The Morgan fingerprint density at radius 2 is 1.72 bits per heavy atom. The van der Waals surface area contributed by atoms with Crippen LogP contribution in [0.5, 0.6) is 0 Å². The number of carbonyl (C=O) groups is 1. The SMILES string of the molecule is O=C(Nc1ccc(CO)cc1)c1c(-c2ccccc2)c2cc(Cl)ccc2[nH]c1=O. The topological polar surface area (TPSA) is 82.2 Å². The standard InChI is InChI=1S/C23H17ClN2O3/c24-16-8-11-19-18(12-16)20(15-4-2-1-3-5-15)21(23(29)26-19)22(28)25-17-9-6-14(13-27)7-10-17/h1-12,27H,13H2,(H,25,28)(H,26,29). The van der Waals surface area contributed by atoms with Crippen LogP contribution in [0.15, 0.2) is 77.6 Å². The van der Waals surface area contributed by atoms with Crippen molar-refractivity contribution in [3.63, 3.8) is 0 Å². The van der Waals surface area contributed by atoms with Crippen molar-refractivity contribution in [3.05, 3.63) is 99.3 Å². The van der Waals surface area contributed by atoms with Gasteiger partial charge in [0.15, 0.2) is 0 Å². The molecular formula is C23H17ClN2O3. The number of rotatable bonds is 4. The second-order valence-electron chi connectivity index (χ2n) is 6.57. The molecule has 0 aliphatic carbocycles. The van der Waals surface area contributed by atoms with Gasteiger partial charge >= 0.3 is 0 Å². The van der Waals surface area contributed by atoms with Gasteiger partial charge in [0.1, 0.15) is 5.56 Å². The first-order valence-electron chi connectivity index (χ1n) is 8.99. The number of aliphatic hydroxyl groups excluding tert-OH is 1. The Balaban J connectivity index is 1.89. The van der Waals surface area contributed by atoms with Gasteiger partial charge in [-0.2, -0.15) is 0 Å². The van der Waals surface area contributed by atoms with E-state index < -0.39 is 11.5 Å². The molecule has 1 aromatic heterocycles. The van der Waals surface area contributed by atoms with Crippen LogP contribution < -0.4 is 10.9 Å². The fraction of sp³-hybridized carbons (Fsp3) is 0.0435. The minimum Gasteiger partial charge on any atom is -0.392 e. The smallest absolute Gasteiger partial charge is 0.261 e. The average Bonchev–Trinajstić information content (AvgIpc) is 2.74. The van der Waals surface area contributed by atoms with Crippen LogP contribution in [-0.2, 0) is 6.61 Å². The molecule has 0 saturated carbocycles. The second-order valence-corrected chi connectivity index (χ2v) is 7.01. The summed E-state index contributed by atoms with van der Waals surface area (Å²) in [6, 6.07) is 21.2. The Hall–Kier alpha value is -3.41. The minimum absolute atomic E-state index is 0.0113. The molecule has 0 atom stereocenters. The molecule has 1 heterocycles. The summed E-state index contributed by atoms with van der Waals surface area (Å²) < 4.78 is 0. The number of fused-ring (bicyclic) bond motifs is 1. The highest BCUT2D eigenvalue weighted by Gasteiger charge is 2.21. The van der Waals surface area contributed by atoms with Crippen molar-refractivity contribution >= 4 is 34.1 Å². The zero-order valence-electron chi connectivity index (χ0n) is 15.3. The van der Waals surface area contributed by atoms with Gasteiger partial charge in [0.2, 0.25) is 0 Å². The summed E-state index contributed by atoms with van der Waals surface area (Å²) in [7, 11) is 0. The van der Waals surface area contributed by atoms with Gasteiger partial charge in [-0.15, -0.1) is 0 Å². The van der Waals surface area contributed by atoms with Crippen molar-refractivity contribution in [2.75, 3.05) is 5.32 Å². The quantitative estimate of drug-likeness (QED) is 0.465. The zero-order valence-corrected chi connectivity index (χ0v) is 16.0. The summed E-state index contributed by atoms with van der Waals surface area (Å²) in [6.07, 6.45) is 0. The van der Waals surface area contributed by atoms with Crippen molar-refractivity contribution in [1.82, 2.24) is 4.98 Å². The van der Waals surface area contributed by atoms with E-state index in [1.54, 1.807) is 42.5 Å². The van der Waals surface area contributed by atoms with Crippen molar-refractivity contribution in [2.45, 2.75) is 6.61 Å². The van der Waals surface area contributed by atoms with Crippen LogP contribution in [0.1, 0.15) is 15.9 Å². The highest BCUT2D eigenvalue weighted by atomic mass is 35.5. The molecule has 0 bridgehead atoms. The number of anilines is 1. The van der Waals surface area contributed by atoms with E-state index in [0.29, 0.717) is 27.2 Å². The zero-order chi connectivity index (χ0) is 20.4. The monoisotopic (exact) mass is 404 g/mol. The van der Waals surface area contributed by atoms with Crippen LogP contribution >= 0.6 is 11.6 Å². The molecule has 4 aromatic rings. The number of hydrogen-bond acceptors (Lipinski definition) is 3. The highest BCUT2D eigenvalue weighted by molar-refractivity contribution is 6.31. The summed E-state index contributed by atoms with van der Waals surface area (Å²) in [6.45, 7) is -0.0858. The van der Waals surface area contributed by atoms with Crippen molar-refractivity contribution in [2.24, 2.45) is 0 Å². The Labute approximate surface area is 171 Å². The van der Waals surface area contributed by atoms with Gasteiger partial charge in [0.05, 0.1) is 6.61 Å². The maximum absolute atomic E-state index is 13.1. The lowest BCUT2D eigenvalue weighted by Crippen LogP contribution is -2.24. The Bertz CT molecular complexity index is 1250. The van der Waals surface area contributed by atoms with E-state index in [-0.39, 0.29) is 12.2 Å².